The zero-order chi connectivity index (χ0) is 16.5. The van der Waals surface area contributed by atoms with E-state index in [1.165, 1.54) is 11.1 Å². The van der Waals surface area contributed by atoms with Crippen molar-refractivity contribution < 1.29 is 4.74 Å². The molecule has 6 heteroatoms. The Morgan fingerprint density at radius 1 is 1.17 bits per heavy atom. The minimum absolute atomic E-state index is 0.138. The molecule has 2 atom stereocenters. The number of aromatic nitrogens is 3. The van der Waals surface area contributed by atoms with Crippen LogP contribution in [0.1, 0.15) is 29.6 Å². The molecule has 2 heterocycles. The van der Waals surface area contributed by atoms with Gasteiger partial charge in [0.25, 0.3) is 0 Å². The fourth-order valence-electron chi connectivity index (χ4n) is 3.17. The second-order valence-corrected chi connectivity index (χ2v) is 6.72. The molecule has 0 unspecified atom stereocenters. The average molecular weight is 385 g/mol. The molecule has 0 radical (unpaired) electrons. The van der Waals surface area contributed by atoms with Crippen LogP contribution in [0.4, 0.5) is 5.95 Å². The standard InChI is InChI=1S/C18H17BrN4O/c1-24-15-7-5-12(6-8-15)17-10-16(13-3-2-4-14(19)9-13)22-18-20-11-21-23(17)18/h2-9,11,16-17H,10H2,1H3,(H,20,21,22)/t16-,17-/m1/s1. The average Bonchev–Trinajstić information content (AvgIpc) is 3.09. The van der Waals surface area contributed by atoms with Crippen LogP contribution < -0.4 is 10.1 Å². The van der Waals surface area contributed by atoms with Crippen LogP contribution in [0.15, 0.2) is 59.3 Å². The fraction of sp³-hybridized carbons (Fsp3) is 0.222. The number of halogens is 1. The van der Waals surface area contributed by atoms with Gasteiger partial charge in [-0.05, 0) is 41.8 Å². The Kier molecular flexibility index (Phi) is 3.98. The molecule has 0 amide bonds. The lowest BCUT2D eigenvalue weighted by molar-refractivity contribution is 0.411. The zero-order valence-corrected chi connectivity index (χ0v) is 14.8. The maximum Gasteiger partial charge on any atom is 0.222 e. The maximum atomic E-state index is 5.26. The van der Waals surface area contributed by atoms with Gasteiger partial charge in [-0.2, -0.15) is 10.1 Å². The van der Waals surface area contributed by atoms with Gasteiger partial charge in [-0.25, -0.2) is 4.68 Å². The van der Waals surface area contributed by atoms with Crippen LogP contribution in [0.2, 0.25) is 0 Å². The van der Waals surface area contributed by atoms with Gasteiger partial charge in [0, 0.05) is 4.47 Å². The van der Waals surface area contributed by atoms with Crippen molar-refractivity contribution in [3.63, 3.8) is 0 Å². The van der Waals surface area contributed by atoms with Crippen LogP contribution in [-0.2, 0) is 0 Å². The third kappa shape index (κ3) is 2.78. The molecule has 0 saturated heterocycles. The Morgan fingerprint density at radius 3 is 2.75 bits per heavy atom. The highest BCUT2D eigenvalue weighted by molar-refractivity contribution is 9.10. The first kappa shape index (κ1) is 15.2. The summed E-state index contributed by atoms with van der Waals surface area (Å²) < 4.78 is 8.30. The highest BCUT2D eigenvalue weighted by atomic mass is 79.9. The van der Waals surface area contributed by atoms with Crippen LogP contribution in [0.5, 0.6) is 5.75 Å². The molecule has 4 rings (SSSR count). The minimum Gasteiger partial charge on any atom is -0.497 e. The molecule has 0 saturated carbocycles. The first-order valence-electron chi connectivity index (χ1n) is 7.80. The van der Waals surface area contributed by atoms with E-state index >= 15 is 0 Å². The lowest BCUT2D eigenvalue weighted by Gasteiger charge is -2.32. The number of benzene rings is 2. The van der Waals surface area contributed by atoms with Crippen molar-refractivity contribution in [2.24, 2.45) is 0 Å². The molecule has 5 nitrogen and oxygen atoms in total. The molecule has 0 spiro atoms. The number of ether oxygens (including phenoxy) is 1. The molecule has 1 aliphatic rings. The number of hydrogen-bond donors (Lipinski definition) is 1. The molecule has 2 aromatic carbocycles. The van der Waals surface area contributed by atoms with Crippen molar-refractivity contribution in [2.75, 3.05) is 12.4 Å². The predicted molar refractivity (Wildman–Crippen MR) is 96.3 cm³/mol. The van der Waals surface area contributed by atoms with Gasteiger partial charge >= 0.3 is 0 Å². The van der Waals surface area contributed by atoms with E-state index in [2.05, 4.69) is 61.7 Å². The van der Waals surface area contributed by atoms with Crippen molar-refractivity contribution in [1.82, 2.24) is 14.8 Å². The topological polar surface area (TPSA) is 52.0 Å². The molecule has 122 valence electrons. The number of rotatable bonds is 3. The van der Waals surface area contributed by atoms with Gasteiger partial charge in [0.2, 0.25) is 5.95 Å². The summed E-state index contributed by atoms with van der Waals surface area (Å²) in [6, 6.07) is 16.9. The smallest absolute Gasteiger partial charge is 0.222 e. The number of hydrogen-bond acceptors (Lipinski definition) is 4. The van der Waals surface area contributed by atoms with E-state index in [0.29, 0.717) is 0 Å². The van der Waals surface area contributed by atoms with Gasteiger partial charge in [0.1, 0.15) is 12.1 Å². The summed E-state index contributed by atoms with van der Waals surface area (Å²) in [5, 5.41) is 7.89. The normalized spacial score (nSPS) is 19.4. The number of methoxy groups -OCH3 is 1. The van der Waals surface area contributed by atoms with E-state index < -0.39 is 0 Å². The number of fused-ring (bicyclic) bond motifs is 1. The van der Waals surface area contributed by atoms with Gasteiger partial charge in [0.15, 0.2) is 0 Å². The van der Waals surface area contributed by atoms with E-state index in [4.69, 9.17) is 4.74 Å². The third-order valence-electron chi connectivity index (χ3n) is 4.38. The molecule has 1 aromatic heterocycles. The number of anilines is 1. The largest absolute Gasteiger partial charge is 0.497 e. The van der Waals surface area contributed by atoms with Gasteiger partial charge in [-0.1, -0.05) is 40.2 Å². The molecular formula is C18H17BrN4O. The number of nitrogens with zero attached hydrogens (tertiary/aromatic N) is 3. The Morgan fingerprint density at radius 2 is 2.00 bits per heavy atom. The Bertz CT molecular complexity index is 846. The van der Waals surface area contributed by atoms with E-state index in [0.717, 1.165) is 22.6 Å². The summed E-state index contributed by atoms with van der Waals surface area (Å²) in [5.74, 6) is 1.65. The van der Waals surface area contributed by atoms with Crippen LogP contribution >= 0.6 is 15.9 Å². The summed E-state index contributed by atoms with van der Waals surface area (Å²) >= 11 is 3.55. The molecule has 3 aromatic rings. The van der Waals surface area contributed by atoms with Gasteiger partial charge in [0.05, 0.1) is 19.2 Å². The molecule has 24 heavy (non-hydrogen) atoms. The third-order valence-corrected chi connectivity index (χ3v) is 4.88. The van der Waals surface area contributed by atoms with Crippen molar-refractivity contribution in [2.45, 2.75) is 18.5 Å². The van der Waals surface area contributed by atoms with Crippen molar-refractivity contribution in [1.29, 1.82) is 0 Å². The van der Waals surface area contributed by atoms with Crippen LogP contribution in [0, 0.1) is 0 Å². The molecule has 0 aliphatic carbocycles. The van der Waals surface area contributed by atoms with E-state index in [1.807, 2.05) is 22.9 Å². The van der Waals surface area contributed by atoms with Crippen molar-refractivity contribution in [3.05, 3.63) is 70.5 Å². The zero-order valence-electron chi connectivity index (χ0n) is 13.2. The molecule has 1 N–H and O–H groups in total. The molecule has 0 bridgehead atoms. The maximum absolute atomic E-state index is 5.26. The van der Waals surface area contributed by atoms with Crippen molar-refractivity contribution >= 4 is 21.9 Å². The van der Waals surface area contributed by atoms with Gasteiger partial charge in [-0.3, -0.25) is 0 Å². The first-order chi connectivity index (χ1) is 11.7. The van der Waals surface area contributed by atoms with Crippen molar-refractivity contribution in [3.8, 4) is 5.75 Å². The SMILES string of the molecule is COc1ccc([C@H]2C[C@H](c3cccc(Br)c3)Nc3ncnn32)cc1. The van der Waals surface area contributed by atoms with E-state index in [9.17, 15) is 0 Å². The highest BCUT2D eigenvalue weighted by Gasteiger charge is 2.29. The predicted octanol–water partition coefficient (Wildman–Crippen LogP) is 4.20. The summed E-state index contributed by atoms with van der Waals surface area (Å²) in [7, 11) is 1.68. The van der Waals surface area contributed by atoms with Gasteiger partial charge < -0.3 is 10.1 Å². The number of nitrogens with one attached hydrogen (secondary N) is 1. The molecule has 1 aliphatic heterocycles. The lowest BCUT2D eigenvalue weighted by Crippen LogP contribution is -2.28. The van der Waals surface area contributed by atoms with Crippen LogP contribution in [-0.4, -0.2) is 21.9 Å². The minimum atomic E-state index is 0.138. The van der Waals surface area contributed by atoms with Gasteiger partial charge in [-0.15, -0.1) is 0 Å². The highest BCUT2D eigenvalue weighted by Crippen LogP contribution is 2.38. The monoisotopic (exact) mass is 384 g/mol. The molecule has 0 fully saturated rings. The summed E-state index contributed by atoms with van der Waals surface area (Å²) in [6.45, 7) is 0. The second-order valence-electron chi connectivity index (χ2n) is 5.80. The molecular weight excluding hydrogens is 368 g/mol. The summed E-state index contributed by atoms with van der Waals surface area (Å²) in [4.78, 5) is 4.37. The first-order valence-corrected chi connectivity index (χ1v) is 8.59. The second kappa shape index (κ2) is 6.28. The fourth-order valence-corrected chi connectivity index (χ4v) is 3.58. The quantitative estimate of drug-likeness (QED) is 0.735. The van der Waals surface area contributed by atoms with Crippen LogP contribution in [0.3, 0.4) is 0 Å². The Labute approximate surface area is 148 Å². The van der Waals surface area contributed by atoms with E-state index in [-0.39, 0.29) is 12.1 Å². The summed E-state index contributed by atoms with van der Waals surface area (Å²) in [5.41, 5.74) is 2.43. The van der Waals surface area contributed by atoms with Crippen LogP contribution in [0.25, 0.3) is 0 Å². The summed E-state index contributed by atoms with van der Waals surface area (Å²) in [6.07, 6.45) is 2.50. The Balaban J connectivity index is 1.70. The lowest BCUT2D eigenvalue weighted by atomic mass is 9.93. The Hall–Kier alpha value is -2.34. The van der Waals surface area contributed by atoms with E-state index in [1.54, 1.807) is 13.4 Å².